The van der Waals surface area contributed by atoms with Gasteiger partial charge in [-0.2, -0.15) is 0 Å². The molecular weight excluding hydrogens is 634 g/mol. The van der Waals surface area contributed by atoms with Crippen LogP contribution in [0.25, 0.3) is 0 Å². The van der Waals surface area contributed by atoms with E-state index in [2.05, 4.69) is 26.6 Å². The van der Waals surface area contributed by atoms with Crippen molar-refractivity contribution in [1.29, 1.82) is 0 Å². The number of carboxylic acids is 1. The summed E-state index contributed by atoms with van der Waals surface area (Å²) in [7, 11) is 0. The largest absolute Gasteiger partial charge is 0.508 e. The zero-order valence-corrected chi connectivity index (χ0v) is 27.9. The maximum absolute atomic E-state index is 13.5. The van der Waals surface area contributed by atoms with Crippen LogP contribution in [0.4, 0.5) is 0 Å². The smallest absolute Gasteiger partial charge is 0.326 e. The standard InChI is InChI=1S/C34H49N7O8/c1-21(2)16-27(32(46)40-26(34(48)49)10-6-7-15-35)41-33(47)28(18-22-8-4-3-5-9-22)39-30(44)20-37-29(43)19-38-31(45)25(36)17-23-11-13-24(42)14-12-23/h3-5,8-9,11-14,21,25-28,42H,6-7,10,15-20,35-36H2,1-2H3,(H,37,43)(H,38,45)(H,39,44)(H,40,46)(H,41,47)(H,48,49). The van der Waals surface area contributed by atoms with Crippen LogP contribution in [-0.2, 0) is 41.6 Å². The first-order chi connectivity index (χ1) is 23.3. The number of phenolic OH excluding ortho intramolecular Hbond substituents is 1. The number of aliphatic carboxylic acids is 1. The van der Waals surface area contributed by atoms with Crippen molar-refractivity contribution in [3.8, 4) is 5.75 Å². The van der Waals surface area contributed by atoms with Crippen LogP contribution < -0.4 is 38.1 Å². The third-order valence-corrected chi connectivity index (χ3v) is 7.43. The Kier molecular flexibility index (Phi) is 17.3. The van der Waals surface area contributed by atoms with Crippen molar-refractivity contribution in [3.63, 3.8) is 0 Å². The van der Waals surface area contributed by atoms with Gasteiger partial charge in [-0.3, -0.25) is 24.0 Å². The highest BCUT2D eigenvalue weighted by Crippen LogP contribution is 2.12. The fourth-order valence-electron chi connectivity index (χ4n) is 4.82. The fraction of sp³-hybridized carbons (Fsp3) is 0.471. The Morgan fingerprint density at radius 3 is 1.90 bits per heavy atom. The van der Waals surface area contributed by atoms with E-state index in [0.717, 1.165) is 5.56 Å². The molecule has 2 aromatic rings. The first kappa shape index (κ1) is 40.2. The summed E-state index contributed by atoms with van der Waals surface area (Å²) in [5, 5.41) is 31.6. The lowest BCUT2D eigenvalue weighted by Gasteiger charge is -2.25. The van der Waals surface area contributed by atoms with Crippen molar-refractivity contribution in [1.82, 2.24) is 26.6 Å². The molecule has 4 atom stereocenters. The van der Waals surface area contributed by atoms with E-state index in [4.69, 9.17) is 11.5 Å². The van der Waals surface area contributed by atoms with Crippen LogP contribution >= 0.6 is 0 Å². The number of phenols is 1. The van der Waals surface area contributed by atoms with Crippen molar-refractivity contribution in [2.24, 2.45) is 17.4 Å². The maximum atomic E-state index is 13.5. The third kappa shape index (κ3) is 15.6. The number of hydrogen-bond donors (Lipinski definition) is 9. The molecule has 0 spiro atoms. The minimum atomic E-state index is -1.20. The number of hydrogen-bond acceptors (Lipinski definition) is 9. The summed E-state index contributed by atoms with van der Waals surface area (Å²) in [6, 6.07) is 10.7. The predicted octanol–water partition coefficient (Wildman–Crippen LogP) is -0.549. The van der Waals surface area contributed by atoms with Crippen LogP contribution in [0, 0.1) is 5.92 Å². The van der Waals surface area contributed by atoms with E-state index in [0.29, 0.717) is 24.9 Å². The summed E-state index contributed by atoms with van der Waals surface area (Å²) in [4.78, 5) is 76.1. The molecule has 0 aliphatic carbocycles. The van der Waals surface area contributed by atoms with E-state index in [1.807, 2.05) is 13.8 Å². The molecule has 4 unspecified atom stereocenters. The van der Waals surface area contributed by atoms with Gasteiger partial charge in [0.1, 0.15) is 23.9 Å². The molecule has 268 valence electrons. The lowest BCUT2D eigenvalue weighted by molar-refractivity contribution is -0.142. The molecule has 15 heteroatoms. The van der Waals surface area contributed by atoms with Gasteiger partial charge in [-0.1, -0.05) is 56.3 Å². The molecule has 0 bridgehead atoms. The van der Waals surface area contributed by atoms with Gasteiger partial charge in [-0.05, 0) is 67.8 Å². The Balaban J connectivity index is 2.01. The number of nitrogens with two attached hydrogens (primary N) is 2. The van der Waals surface area contributed by atoms with E-state index in [-0.39, 0.29) is 37.4 Å². The Morgan fingerprint density at radius 2 is 1.29 bits per heavy atom. The molecule has 49 heavy (non-hydrogen) atoms. The Hall–Kier alpha value is -5.02. The SMILES string of the molecule is CC(C)CC(NC(=O)C(Cc1ccccc1)NC(=O)CNC(=O)CNC(=O)C(N)Cc1ccc(O)cc1)C(=O)NC(CCCCN)C(=O)O. The highest BCUT2D eigenvalue weighted by atomic mass is 16.4. The van der Waals surface area contributed by atoms with E-state index >= 15 is 0 Å². The zero-order valence-electron chi connectivity index (χ0n) is 27.9. The lowest BCUT2D eigenvalue weighted by atomic mass is 10.0. The molecule has 0 heterocycles. The predicted molar refractivity (Wildman–Crippen MR) is 182 cm³/mol. The summed E-state index contributed by atoms with van der Waals surface area (Å²) in [6.45, 7) is 3.13. The number of carbonyl (C=O) groups is 6. The molecule has 0 radical (unpaired) electrons. The molecule has 0 fully saturated rings. The number of carbonyl (C=O) groups excluding carboxylic acids is 5. The van der Waals surface area contributed by atoms with E-state index in [1.54, 1.807) is 42.5 Å². The minimum absolute atomic E-state index is 0.0446. The number of benzene rings is 2. The van der Waals surface area contributed by atoms with Gasteiger partial charge in [0.25, 0.3) is 0 Å². The van der Waals surface area contributed by atoms with Crippen LogP contribution in [0.1, 0.15) is 50.7 Å². The molecule has 0 saturated heterocycles. The van der Waals surface area contributed by atoms with Gasteiger partial charge in [0.05, 0.1) is 19.1 Å². The topological polar surface area (TPSA) is 255 Å². The number of unbranched alkanes of at least 4 members (excludes halogenated alkanes) is 1. The van der Waals surface area contributed by atoms with Crippen LogP contribution in [0.15, 0.2) is 54.6 Å². The second-order valence-corrected chi connectivity index (χ2v) is 12.2. The molecular formula is C34H49N7O8. The normalized spacial score (nSPS) is 13.3. The van der Waals surface area contributed by atoms with Crippen molar-refractivity contribution >= 4 is 35.5 Å². The first-order valence-electron chi connectivity index (χ1n) is 16.2. The van der Waals surface area contributed by atoms with Crippen LogP contribution in [-0.4, -0.2) is 89.5 Å². The number of rotatable bonds is 21. The average molecular weight is 684 g/mol. The molecule has 2 rings (SSSR count). The molecule has 5 amide bonds. The first-order valence-corrected chi connectivity index (χ1v) is 16.2. The minimum Gasteiger partial charge on any atom is -0.508 e. The molecule has 0 aliphatic heterocycles. The van der Waals surface area contributed by atoms with Gasteiger partial charge < -0.3 is 48.3 Å². The quantitative estimate of drug-likeness (QED) is 0.0759. The summed E-state index contributed by atoms with van der Waals surface area (Å²) >= 11 is 0. The molecule has 0 saturated carbocycles. The second-order valence-electron chi connectivity index (χ2n) is 12.2. The van der Waals surface area contributed by atoms with Gasteiger partial charge >= 0.3 is 5.97 Å². The number of nitrogens with one attached hydrogen (secondary N) is 5. The second kappa shape index (κ2) is 21.1. The van der Waals surface area contributed by atoms with Crippen molar-refractivity contribution in [2.75, 3.05) is 19.6 Å². The van der Waals surface area contributed by atoms with Gasteiger partial charge in [-0.25, -0.2) is 4.79 Å². The average Bonchev–Trinajstić information content (AvgIpc) is 3.06. The lowest BCUT2D eigenvalue weighted by Crippen LogP contribution is -2.57. The Morgan fingerprint density at radius 1 is 0.694 bits per heavy atom. The van der Waals surface area contributed by atoms with Crippen LogP contribution in [0.3, 0.4) is 0 Å². The van der Waals surface area contributed by atoms with Gasteiger partial charge in [-0.15, -0.1) is 0 Å². The molecule has 15 nitrogen and oxygen atoms in total. The monoisotopic (exact) mass is 683 g/mol. The van der Waals surface area contributed by atoms with Crippen molar-refractivity contribution in [3.05, 3.63) is 65.7 Å². The van der Waals surface area contributed by atoms with Gasteiger partial charge in [0.15, 0.2) is 0 Å². The van der Waals surface area contributed by atoms with E-state index < -0.39 is 72.8 Å². The number of carboxylic acid groups (broad SMARTS) is 1. The van der Waals surface area contributed by atoms with Crippen molar-refractivity contribution < 1.29 is 39.0 Å². The van der Waals surface area contributed by atoms with E-state index in [9.17, 15) is 39.0 Å². The zero-order chi connectivity index (χ0) is 36.3. The summed E-state index contributed by atoms with van der Waals surface area (Å²) in [5.74, 6) is -4.46. The van der Waals surface area contributed by atoms with Crippen molar-refractivity contribution in [2.45, 2.75) is 76.5 Å². The molecule has 0 aliphatic rings. The molecule has 2 aromatic carbocycles. The summed E-state index contributed by atoms with van der Waals surface area (Å²) in [5.41, 5.74) is 12.9. The maximum Gasteiger partial charge on any atom is 0.326 e. The number of amides is 5. The van der Waals surface area contributed by atoms with Gasteiger partial charge in [0.2, 0.25) is 29.5 Å². The van der Waals surface area contributed by atoms with Crippen LogP contribution in [0.5, 0.6) is 5.75 Å². The summed E-state index contributed by atoms with van der Waals surface area (Å²) < 4.78 is 0. The molecule has 11 N–H and O–H groups in total. The Bertz CT molecular complexity index is 1390. The highest BCUT2D eigenvalue weighted by molar-refractivity contribution is 5.94. The number of aromatic hydroxyl groups is 1. The fourth-order valence-corrected chi connectivity index (χ4v) is 4.82. The molecule has 0 aromatic heterocycles. The van der Waals surface area contributed by atoms with E-state index in [1.165, 1.54) is 12.1 Å². The Labute approximate surface area is 286 Å². The van der Waals surface area contributed by atoms with Gasteiger partial charge in [0, 0.05) is 6.42 Å². The third-order valence-electron chi connectivity index (χ3n) is 7.43. The van der Waals surface area contributed by atoms with Crippen LogP contribution in [0.2, 0.25) is 0 Å². The highest BCUT2D eigenvalue weighted by Gasteiger charge is 2.30. The summed E-state index contributed by atoms with van der Waals surface area (Å²) in [6.07, 6.45) is 1.72.